The summed E-state index contributed by atoms with van der Waals surface area (Å²) in [7, 11) is -0.751. The second-order valence-corrected chi connectivity index (χ2v) is 9.71. The average Bonchev–Trinajstić information content (AvgIpc) is 3.26. The summed E-state index contributed by atoms with van der Waals surface area (Å²) in [6, 6.07) is 18.9. The number of sulfonamides is 1. The summed E-state index contributed by atoms with van der Waals surface area (Å²) >= 11 is 6.06. The Bertz CT molecular complexity index is 1260. The minimum atomic E-state index is -3.88. The average molecular weight is 471 g/mol. The molecular weight excluding hydrogens is 448 g/mol. The Morgan fingerprint density at radius 3 is 2.22 bits per heavy atom. The predicted octanol–water partition coefficient (Wildman–Crippen LogP) is 5.21. The molecule has 3 aromatic carbocycles. The lowest BCUT2D eigenvalue weighted by Crippen LogP contribution is -2.27. The van der Waals surface area contributed by atoms with Crippen molar-refractivity contribution in [3.63, 3.8) is 0 Å². The van der Waals surface area contributed by atoms with E-state index in [1.54, 1.807) is 62.8 Å². The minimum absolute atomic E-state index is 0.194. The number of methoxy groups -OCH3 is 2. The van der Waals surface area contributed by atoms with Gasteiger partial charge in [-0.1, -0.05) is 41.4 Å². The number of ether oxygens (including phenoxy) is 2. The van der Waals surface area contributed by atoms with Crippen molar-refractivity contribution in [3.05, 3.63) is 88.4 Å². The van der Waals surface area contributed by atoms with Gasteiger partial charge in [0.15, 0.2) is 11.5 Å². The molecule has 4 rings (SSSR count). The summed E-state index contributed by atoms with van der Waals surface area (Å²) in [4.78, 5) is 0.194. The van der Waals surface area contributed by atoms with E-state index < -0.39 is 16.1 Å². The van der Waals surface area contributed by atoms with Gasteiger partial charge in [0.05, 0.1) is 30.9 Å². The number of hydrazone groups is 1. The quantitative estimate of drug-likeness (QED) is 0.496. The van der Waals surface area contributed by atoms with Crippen LogP contribution < -0.4 is 9.47 Å². The minimum Gasteiger partial charge on any atom is -0.493 e. The number of nitrogens with zero attached hydrogens (tertiary/aromatic N) is 2. The van der Waals surface area contributed by atoms with Gasteiger partial charge >= 0.3 is 0 Å². The van der Waals surface area contributed by atoms with Crippen molar-refractivity contribution in [1.82, 2.24) is 4.41 Å². The Morgan fingerprint density at radius 2 is 1.59 bits per heavy atom. The van der Waals surface area contributed by atoms with Crippen LogP contribution in [0.4, 0.5) is 0 Å². The zero-order valence-corrected chi connectivity index (χ0v) is 19.5. The molecule has 0 fully saturated rings. The largest absolute Gasteiger partial charge is 0.493 e. The lowest BCUT2D eigenvalue weighted by molar-refractivity contribution is 0.355. The van der Waals surface area contributed by atoms with Crippen LogP contribution in [0.5, 0.6) is 11.5 Å². The van der Waals surface area contributed by atoms with E-state index in [0.717, 1.165) is 16.7 Å². The van der Waals surface area contributed by atoms with Gasteiger partial charge in [0.1, 0.15) is 0 Å². The number of rotatable bonds is 6. The standard InChI is InChI=1S/C24H23ClN2O4S/c1-16-4-11-20(12-5-16)32(28,29)27-22(17-6-9-19(25)10-7-17)15-21(26-27)18-8-13-23(30-2)24(14-18)31-3/h4-14,22H,15H2,1-3H3. The SMILES string of the molecule is COc1ccc(C2=NN(S(=O)(=O)c3ccc(C)cc3)C(c3ccc(Cl)cc3)C2)cc1OC. The maximum Gasteiger partial charge on any atom is 0.279 e. The van der Waals surface area contributed by atoms with E-state index in [0.29, 0.717) is 28.7 Å². The molecule has 0 radical (unpaired) electrons. The van der Waals surface area contributed by atoms with Crippen LogP contribution in [0.2, 0.25) is 5.02 Å². The van der Waals surface area contributed by atoms with Crippen molar-refractivity contribution >= 4 is 27.3 Å². The maximum absolute atomic E-state index is 13.5. The molecule has 8 heteroatoms. The summed E-state index contributed by atoms with van der Waals surface area (Å²) in [5.41, 5.74) is 3.20. The molecule has 1 atom stereocenters. The molecule has 0 N–H and O–H groups in total. The summed E-state index contributed by atoms with van der Waals surface area (Å²) in [6.45, 7) is 1.91. The molecule has 0 bridgehead atoms. The molecule has 0 amide bonds. The number of hydrogen-bond acceptors (Lipinski definition) is 5. The molecule has 0 saturated carbocycles. The normalized spacial score (nSPS) is 16.1. The Balaban J connectivity index is 1.80. The predicted molar refractivity (Wildman–Crippen MR) is 125 cm³/mol. The lowest BCUT2D eigenvalue weighted by Gasteiger charge is -2.23. The summed E-state index contributed by atoms with van der Waals surface area (Å²) in [5, 5.41) is 5.16. The van der Waals surface area contributed by atoms with E-state index in [2.05, 4.69) is 5.10 Å². The van der Waals surface area contributed by atoms with Gasteiger partial charge in [-0.05, 0) is 55.0 Å². The molecule has 1 aliphatic rings. The second-order valence-electron chi connectivity index (χ2n) is 7.48. The van der Waals surface area contributed by atoms with E-state index >= 15 is 0 Å². The number of halogens is 1. The third kappa shape index (κ3) is 4.18. The fourth-order valence-corrected chi connectivity index (χ4v) is 5.21. The topological polar surface area (TPSA) is 68.2 Å². The molecule has 0 spiro atoms. The second kappa shape index (κ2) is 8.84. The molecule has 0 saturated heterocycles. The van der Waals surface area contributed by atoms with Crippen LogP contribution in [-0.2, 0) is 10.0 Å². The van der Waals surface area contributed by atoms with Crippen molar-refractivity contribution in [3.8, 4) is 11.5 Å². The van der Waals surface area contributed by atoms with Crippen LogP contribution in [0.25, 0.3) is 0 Å². The van der Waals surface area contributed by atoms with Gasteiger partial charge in [-0.15, -0.1) is 0 Å². The monoisotopic (exact) mass is 470 g/mol. The number of aryl methyl sites for hydroxylation is 1. The highest BCUT2D eigenvalue weighted by Gasteiger charge is 2.37. The fourth-order valence-electron chi connectivity index (χ4n) is 3.65. The van der Waals surface area contributed by atoms with Crippen LogP contribution in [0, 0.1) is 6.92 Å². The number of hydrogen-bond donors (Lipinski definition) is 0. The maximum atomic E-state index is 13.5. The highest BCUT2D eigenvalue weighted by Crippen LogP contribution is 2.38. The molecular formula is C24H23ClN2O4S. The third-order valence-corrected chi connectivity index (χ3v) is 7.36. The first kappa shape index (κ1) is 22.2. The van der Waals surface area contributed by atoms with Gasteiger partial charge in [0, 0.05) is 17.0 Å². The van der Waals surface area contributed by atoms with Gasteiger partial charge in [0.25, 0.3) is 10.0 Å². The Hall–Kier alpha value is -3.03. The molecule has 1 heterocycles. The van der Waals surface area contributed by atoms with Crippen LogP contribution in [0.3, 0.4) is 0 Å². The Labute approximate surface area is 193 Å². The third-order valence-electron chi connectivity index (χ3n) is 5.41. The van der Waals surface area contributed by atoms with E-state index in [1.165, 1.54) is 4.41 Å². The molecule has 1 aliphatic heterocycles. The molecule has 0 aliphatic carbocycles. The van der Waals surface area contributed by atoms with E-state index in [4.69, 9.17) is 21.1 Å². The zero-order chi connectivity index (χ0) is 22.9. The highest BCUT2D eigenvalue weighted by atomic mass is 35.5. The van der Waals surface area contributed by atoms with Crippen LogP contribution in [0.1, 0.15) is 29.2 Å². The molecule has 166 valence electrons. The smallest absolute Gasteiger partial charge is 0.279 e. The molecule has 32 heavy (non-hydrogen) atoms. The van der Waals surface area contributed by atoms with Crippen molar-refractivity contribution < 1.29 is 17.9 Å². The Morgan fingerprint density at radius 1 is 0.938 bits per heavy atom. The van der Waals surface area contributed by atoms with Gasteiger partial charge in [-0.2, -0.15) is 17.9 Å². The van der Waals surface area contributed by atoms with Gasteiger partial charge in [0.2, 0.25) is 0 Å². The van der Waals surface area contributed by atoms with Crippen molar-refractivity contribution in [1.29, 1.82) is 0 Å². The lowest BCUT2D eigenvalue weighted by atomic mass is 9.99. The molecule has 1 unspecified atom stereocenters. The Kier molecular flexibility index (Phi) is 6.13. The summed E-state index contributed by atoms with van der Waals surface area (Å²) in [5.74, 6) is 1.14. The fraction of sp³-hybridized carbons (Fsp3) is 0.208. The summed E-state index contributed by atoms with van der Waals surface area (Å²) in [6.07, 6.45) is 0.405. The molecule has 6 nitrogen and oxygen atoms in total. The van der Waals surface area contributed by atoms with Crippen LogP contribution in [-0.4, -0.2) is 32.8 Å². The molecule has 3 aromatic rings. The van der Waals surface area contributed by atoms with Crippen molar-refractivity contribution in [2.45, 2.75) is 24.3 Å². The first-order chi connectivity index (χ1) is 15.3. The van der Waals surface area contributed by atoms with Gasteiger partial charge in [-0.3, -0.25) is 0 Å². The molecule has 0 aromatic heterocycles. The van der Waals surface area contributed by atoms with Crippen molar-refractivity contribution in [2.75, 3.05) is 14.2 Å². The van der Waals surface area contributed by atoms with E-state index in [1.807, 2.05) is 25.1 Å². The van der Waals surface area contributed by atoms with Crippen LogP contribution >= 0.6 is 11.6 Å². The highest BCUT2D eigenvalue weighted by molar-refractivity contribution is 7.89. The first-order valence-electron chi connectivity index (χ1n) is 10.00. The van der Waals surface area contributed by atoms with Gasteiger partial charge in [-0.25, -0.2) is 0 Å². The summed E-state index contributed by atoms with van der Waals surface area (Å²) < 4.78 is 39.0. The van der Waals surface area contributed by atoms with Crippen molar-refractivity contribution in [2.24, 2.45) is 5.10 Å². The zero-order valence-electron chi connectivity index (χ0n) is 17.9. The first-order valence-corrected chi connectivity index (χ1v) is 11.8. The van der Waals surface area contributed by atoms with Gasteiger partial charge < -0.3 is 9.47 Å². The van der Waals surface area contributed by atoms with E-state index in [-0.39, 0.29) is 4.90 Å². The number of benzene rings is 3. The van der Waals surface area contributed by atoms with E-state index in [9.17, 15) is 8.42 Å². The van der Waals surface area contributed by atoms with Crippen LogP contribution in [0.15, 0.2) is 76.7 Å².